The van der Waals surface area contributed by atoms with Crippen LogP contribution in [-0.4, -0.2) is 69.4 Å². The minimum Gasteiger partial charge on any atom is -0.466 e. The fourth-order valence-electron chi connectivity index (χ4n) is 4.77. The first kappa shape index (κ1) is 31.0. The Morgan fingerprint density at radius 2 is 1.93 bits per heavy atom. The van der Waals surface area contributed by atoms with Gasteiger partial charge >= 0.3 is 18.0 Å². The first-order valence-electron chi connectivity index (χ1n) is 12.8. The number of imide groups is 1. The van der Waals surface area contributed by atoms with Crippen LogP contribution in [0.1, 0.15) is 30.5 Å². The summed E-state index contributed by atoms with van der Waals surface area (Å²) >= 11 is 0. The van der Waals surface area contributed by atoms with Gasteiger partial charge in [0.05, 0.1) is 36.2 Å². The van der Waals surface area contributed by atoms with Crippen molar-refractivity contribution in [1.82, 2.24) is 15.5 Å². The quantitative estimate of drug-likeness (QED) is 0.430. The van der Waals surface area contributed by atoms with Crippen molar-refractivity contribution in [3.63, 3.8) is 0 Å². The second-order valence-electron chi connectivity index (χ2n) is 9.15. The number of amides is 4. The minimum absolute atomic E-state index is 0.0200. The van der Waals surface area contributed by atoms with Gasteiger partial charge in [-0.25, -0.2) is 28.1 Å². The number of urea groups is 2. The van der Waals surface area contributed by atoms with E-state index in [4.69, 9.17) is 15.7 Å². The van der Waals surface area contributed by atoms with E-state index in [0.29, 0.717) is 10.9 Å². The smallest absolute Gasteiger partial charge is 0.338 e. The summed E-state index contributed by atoms with van der Waals surface area (Å²) in [5, 5.41) is 14.8. The number of ether oxygens (including phenoxy) is 2. The maximum absolute atomic E-state index is 13.6. The number of anilines is 1. The molecule has 1 fully saturated rings. The number of benzene rings is 2. The number of nitriles is 1. The minimum atomic E-state index is -1.40. The first-order valence-corrected chi connectivity index (χ1v) is 12.8. The number of nitrogens with two attached hydrogens (primary N) is 1. The summed E-state index contributed by atoms with van der Waals surface area (Å²) in [5.41, 5.74) is 6.87. The molecule has 0 aliphatic carbocycles. The van der Waals surface area contributed by atoms with Crippen molar-refractivity contribution in [3.05, 3.63) is 76.5 Å². The summed E-state index contributed by atoms with van der Waals surface area (Å²) in [7, 11) is 2.41. The van der Waals surface area contributed by atoms with Crippen molar-refractivity contribution in [2.75, 3.05) is 45.4 Å². The van der Waals surface area contributed by atoms with Crippen molar-refractivity contribution in [3.8, 4) is 6.07 Å². The van der Waals surface area contributed by atoms with Crippen molar-refractivity contribution in [2.24, 2.45) is 5.73 Å². The van der Waals surface area contributed by atoms with E-state index in [-0.39, 0.29) is 23.4 Å². The number of rotatable bonds is 7. The fraction of sp³-hybridized carbons (Fsp3) is 0.357. The highest BCUT2D eigenvalue weighted by Crippen LogP contribution is 2.35. The number of hydrogen-bond donors (Lipinski definition) is 3. The summed E-state index contributed by atoms with van der Waals surface area (Å²) in [4.78, 5) is 39.0. The van der Waals surface area contributed by atoms with Gasteiger partial charge in [0.15, 0.2) is 11.6 Å². The van der Waals surface area contributed by atoms with Crippen molar-refractivity contribution >= 4 is 23.7 Å². The second-order valence-corrected chi connectivity index (χ2v) is 9.15. The molecular weight excluding hydrogens is 538 g/mol. The highest BCUT2D eigenvalue weighted by molar-refractivity contribution is 6.01. The molecule has 41 heavy (non-hydrogen) atoms. The second kappa shape index (κ2) is 14.2. The lowest BCUT2D eigenvalue weighted by molar-refractivity contribution is -0.137. The number of nitrogens with zero attached hydrogens (tertiary/aromatic N) is 3. The number of hydrogen-bond acceptors (Lipinski definition) is 8. The number of likely N-dealkylation sites (N-methyl/N-ethyl adjacent to an activating group) is 1. The Balaban J connectivity index is 0.000000248. The molecular formula is C28H32F2N6O5. The fourth-order valence-corrected chi connectivity index (χ4v) is 4.77. The molecule has 4 amide bonds. The van der Waals surface area contributed by atoms with Crippen LogP contribution in [0.15, 0.2) is 53.7 Å². The zero-order valence-corrected chi connectivity index (χ0v) is 22.9. The highest BCUT2D eigenvalue weighted by atomic mass is 19.2. The molecule has 4 rings (SSSR count). The molecule has 2 aromatic carbocycles. The van der Waals surface area contributed by atoms with Gasteiger partial charge in [0.2, 0.25) is 0 Å². The van der Waals surface area contributed by atoms with Crippen molar-refractivity contribution in [2.45, 2.75) is 25.4 Å². The van der Waals surface area contributed by atoms with Crippen LogP contribution in [-0.2, 0) is 14.3 Å². The van der Waals surface area contributed by atoms with Gasteiger partial charge in [-0.2, -0.15) is 5.26 Å². The number of carbonyl (C=O) groups is 3. The largest absolute Gasteiger partial charge is 0.466 e. The standard InChI is InChI=1S/C15H15F2N3O5.C13H17N3/c1-24-6-10-11(13(21)25-2)12(20(14(18)22)15(23)19-10)7-3-4-8(16)9(17)5-7;1-2-15-12-7-8-16(10-12)13-6-4-3-5-11(13)9-14/h3-5,12H,6H2,1-2H3,(H2,18,22)(H,19,23);3-6,12,15H,2,7-8,10H2,1H3/t12-;/m0./s1. The van der Waals surface area contributed by atoms with Gasteiger partial charge in [0, 0.05) is 26.2 Å². The Bertz CT molecular complexity index is 1360. The molecule has 0 spiro atoms. The van der Waals surface area contributed by atoms with Crippen LogP contribution in [0.3, 0.4) is 0 Å². The van der Waals surface area contributed by atoms with Crippen LogP contribution >= 0.6 is 0 Å². The zero-order chi connectivity index (χ0) is 30.1. The predicted molar refractivity (Wildman–Crippen MR) is 145 cm³/mol. The lowest BCUT2D eigenvalue weighted by Crippen LogP contribution is -2.54. The van der Waals surface area contributed by atoms with E-state index < -0.39 is 35.7 Å². The van der Waals surface area contributed by atoms with E-state index >= 15 is 0 Å². The normalized spacial score (nSPS) is 18.3. The van der Waals surface area contributed by atoms with Gasteiger partial charge in [0.25, 0.3) is 0 Å². The molecule has 2 aliphatic rings. The van der Waals surface area contributed by atoms with Crippen molar-refractivity contribution in [1.29, 1.82) is 5.26 Å². The Morgan fingerprint density at radius 3 is 2.54 bits per heavy atom. The van der Waals surface area contributed by atoms with Gasteiger partial charge in [-0.3, -0.25) is 0 Å². The molecule has 4 N–H and O–H groups in total. The van der Waals surface area contributed by atoms with Crippen LogP contribution in [0.2, 0.25) is 0 Å². The van der Waals surface area contributed by atoms with Crippen LogP contribution in [0, 0.1) is 23.0 Å². The predicted octanol–water partition coefficient (Wildman–Crippen LogP) is 2.93. The number of carbonyl (C=O) groups excluding carboxylic acids is 3. The zero-order valence-electron chi connectivity index (χ0n) is 22.9. The average molecular weight is 571 g/mol. The Kier molecular flexibility index (Phi) is 10.7. The monoisotopic (exact) mass is 570 g/mol. The third-order valence-corrected chi connectivity index (χ3v) is 6.57. The van der Waals surface area contributed by atoms with Crippen LogP contribution in [0.25, 0.3) is 0 Å². The third kappa shape index (κ3) is 7.16. The Hall–Kier alpha value is -4.54. The number of methoxy groups -OCH3 is 2. The maximum atomic E-state index is 13.6. The Morgan fingerprint density at radius 1 is 1.20 bits per heavy atom. The topological polar surface area (TPSA) is 150 Å². The first-order chi connectivity index (χ1) is 19.7. The molecule has 13 heteroatoms. The number of nitrogens with one attached hydrogen (secondary N) is 2. The molecule has 0 radical (unpaired) electrons. The third-order valence-electron chi connectivity index (χ3n) is 6.57. The van der Waals surface area contributed by atoms with Gasteiger partial charge in [-0.05, 0) is 42.8 Å². The summed E-state index contributed by atoms with van der Waals surface area (Å²) in [6.07, 6.45) is 1.16. The molecule has 0 saturated carbocycles. The highest BCUT2D eigenvalue weighted by Gasteiger charge is 2.42. The Labute approximate surface area is 236 Å². The molecule has 2 heterocycles. The lowest BCUT2D eigenvalue weighted by atomic mass is 9.93. The molecule has 1 unspecified atom stereocenters. The van der Waals surface area contributed by atoms with Crippen LogP contribution in [0.5, 0.6) is 0 Å². The van der Waals surface area contributed by atoms with Gasteiger partial charge in [0.1, 0.15) is 12.1 Å². The summed E-state index contributed by atoms with van der Waals surface area (Å²) in [6.45, 7) is 5.00. The van der Waals surface area contributed by atoms with Crippen molar-refractivity contribution < 1.29 is 32.6 Å². The van der Waals surface area contributed by atoms with E-state index in [1.165, 1.54) is 7.11 Å². The summed E-state index contributed by atoms with van der Waals surface area (Å²) < 4.78 is 36.5. The number of primary amides is 1. The molecule has 0 aromatic heterocycles. The number of esters is 1. The van der Waals surface area contributed by atoms with E-state index in [2.05, 4.69) is 33.3 Å². The molecule has 1 saturated heterocycles. The van der Waals surface area contributed by atoms with E-state index in [1.54, 1.807) is 0 Å². The number of halogens is 2. The van der Waals surface area contributed by atoms with E-state index in [9.17, 15) is 23.2 Å². The SMILES string of the molecule is CCNC1CCN(c2ccccc2C#N)C1.COCC1=C(C(=O)OC)[C@H](c2ccc(F)c(F)c2)N(C(N)=O)C(=O)N1. The number of para-hydroxylation sites is 1. The van der Waals surface area contributed by atoms with Crippen LogP contribution in [0.4, 0.5) is 24.1 Å². The molecule has 2 atom stereocenters. The van der Waals surface area contributed by atoms with E-state index in [0.717, 1.165) is 62.6 Å². The molecule has 11 nitrogen and oxygen atoms in total. The molecule has 0 bridgehead atoms. The molecule has 218 valence electrons. The lowest BCUT2D eigenvalue weighted by Gasteiger charge is -2.35. The molecule has 2 aromatic rings. The van der Waals surface area contributed by atoms with Crippen LogP contribution < -0.4 is 21.3 Å². The average Bonchev–Trinajstić information content (AvgIpc) is 3.42. The summed E-state index contributed by atoms with van der Waals surface area (Å²) in [5.74, 6) is -3.24. The van der Waals surface area contributed by atoms with Gasteiger partial charge in [-0.15, -0.1) is 0 Å². The van der Waals surface area contributed by atoms with Gasteiger partial charge < -0.3 is 30.7 Å². The summed E-state index contributed by atoms with van der Waals surface area (Å²) in [6, 6.07) is 9.82. The molecule has 2 aliphatic heterocycles. The van der Waals surface area contributed by atoms with Gasteiger partial charge in [-0.1, -0.05) is 25.1 Å². The van der Waals surface area contributed by atoms with E-state index in [1.807, 2.05) is 24.3 Å². The maximum Gasteiger partial charge on any atom is 0.338 e.